The van der Waals surface area contributed by atoms with Crippen molar-refractivity contribution < 1.29 is 57.5 Å². The first kappa shape index (κ1) is 98.6. The van der Waals surface area contributed by atoms with Gasteiger partial charge in [0.15, 0.2) is 0 Å². The van der Waals surface area contributed by atoms with E-state index in [4.69, 9.17) is 28.7 Å². The number of amides is 12. The summed E-state index contributed by atoms with van der Waals surface area (Å²) in [4.78, 5) is 194. The molecule has 29 nitrogen and oxygen atoms in total. The van der Waals surface area contributed by atoms with Crippen LogP contribution in [0, 0.1) is 0 Å². The van der Waals surface area contributed by atoms with E-state index in [-0.39, 0.29) is 104 Å². The molecule has 0 aliphatic carbocycles. The van der Waals surface area contributed by atoms with Crippen LogP contribution in [0.1, 0.15) is 109 Å². The standard InChI is InChI=1S/C97H125N17O12/c1-77(85-48-24-9-25-49-85)114(76-96(125)107(66-86(102)115)59-78-34-10-2-11-35-78)97(126)75-106(57-33-29-53-101)90(119)71-111(63-82-42-18-6-19-43-82)95(124)74-113(65-84-46-22-8-23-47-84)92(121)68-105(56-32-28-52-100)89(118)70-110(62-81-40-16-5-17-41-81)94(123)73-112(64-83-44-20-7-21-45-83)91(120)67-104(55-31-27-51-99)88(117)69-109(61-80-38-14-4-15-39-80)93(122)72-108(60-79-36-12-3-13-37-79)87(116)58-103-54-30-26-50-98/h2-25,34-49,77,103H,26-33,50-76,98-101H2,1H3,(H2,102,115)/t77-/m0/s1. The molecule has 29 heteroatoms. The summed E-state index contributed by atoms with van der Waals surface area (Å²) in [6.45, 7) is -2.55. The Morgan fingerprint density at radius 2 is 0.452 bits per heavy atom. The predicted molar refractivity (Wildman–Crippen MR) is 485 cm³/mol. The lowest BCUT2D eigenvalue weighted by Gasteiger charge is -2.34. The number of primary amides is 1. The molecule has 0 spiro atoms. The highest BCUT2D eigenvalue weighted by Crippen LogP contribution is 2.23. The fourth-order valence-electron chi connectivity index (χ4n) is 14.3. The molecule has 0 saturated heterocycles. The van der Waals surface area contributed by atoms with Gasteiger partial charge < -0.3 is 87.9 Å². The highest BCUT2D eigenvalue weighted by Gasteiger charge is 2.35. The van der Waals surface area contributed by atoms with Crippen LogP contribution >= 0.6 is 0 Å². The normalized spacial score (nSPS) is 11.2. The molecule has 0 aromatic heterocycles. The second-order valence-corrected chi connectivity index (χ2v) is 31.3. The van der Waals surface area contributed by atoms with Crippen LogP contribution in [0.25, 0.3) is 0 Å². The van der Waals surface area contributed by atoms with Gasteiger partial charge in [0.25, 0.3) is 0 Å². The molecule has 1 atom stereocenters. The summed E-state index contributed by atoms with van der Waals surface area (Å²) in [5.41, 5.74) is 35.0. The van der Waals surface area contributed by atoms with E-state index in [0.29, 0.717) is 85.0 Å². The number of carbonyl (C=O) groups is 12. The van der Waals surface area contributed by atoms with Crippen molar-refractivity contribution in [1.29, 1.82) is 0 Å². The van der Waals surface area contributed by atoms with Gasteiger partial charge in [0, 0.05) is 65.4 Å². The van der Waals surface area contributed by atoms with Gasteiger partial charge in [0.05, 0.1) is 38.8 Å². The van der Waals surface area contributed by atoms with Crippen LogP contribution in [0.2, 0.25) is 0 Å². The van der Waals surface area contributed by atoms with Crippen molar-refractivity contribution in [3.63, 3.8) is 0 Å². The molecule has 12 amide bonds. The van der Waals surface area contributed by atoms with Crippen LogP contribution < -0.4 is 34.0 Å². The second kappa shape index (κ2) is 54.7. The van der Waals surface area contributed by atoms with Crippen molar-refractivity contribution in [2.75, 3.05) is 131 Å². The number of benzene rings is 8. The minimum atomic E-state index is -0.758. The average molecular weight is 1720 g/mol. The lowest BCUT2D eigenvalue weighted by molar-refractivity contribution is -0.150. The smallest absolute Gasteiger partial charge is 0.243 e. The van der Waals surface area contributed by atoms with Crippen molar-refractivity contribution in [3.8, 4) is 0 Å². The highest BCUT2D eigenvalue weighted by molar-refractivity contribution is 5.95. The van der Waals surface area contributed by atoms with E-state index in [1.165, 1.54) is 53.9 Å². The third kappa shape index (κ3) is 34.7. The molecule has 0 bridgehead atoms. The SMILES string of the molecule is C[C@@H](c1ccccc1)N(CC(=O)N(CC(N)=O)Cc1ccccc1)C(=O)CN(CCCCN)C(=O)CN(Cc1ccccc1)C(=O)CN(Cc1ccccc1)C(=O)CN(CCCCN)C(=O)CN(Cc1ccccc1)C(=O)CN(Cc1ccccc1)C(=O)CN(CCCCN)C(=O)CN(Cc1ccccc1)C(=O)CN(Cc1ccccc1)C(=O)CNCCCCN. The molecule has 0 saturated carbocycles. The summed E-state index contributed by atoms with van der Waals surface area (Å²) in [5.74, 6) is -7.25. The van der Waals surface area contributed by atoms with E-state index < -0.39 is 136 Å². The zero-order chi connectivity index (χ0) is 90.2. The van der Waals surface area contributed by atoms with E-state index in [0.717, 1.165) is 24.0 Å². The van der Waals surface area contributed by atoms with Crippen molar-refractivity contribution in [3.05, 3.63) is 287 Å². The molecule has 0 aliphatic rings. The molecule has 8 rings (SSSR count). The molecule has 0 fully saturated rings. The number of nitrogens with one attached hydrogen (secondary N) is 1. The predicted octanol–water partition coefficient (Wildman–Crippen LogP) is 6.29. The van der Waals surface area contributed by atoms with Crippen LogP contribution in [0.5, 0.6) is 0 Å². The van der Waals surface area contributed by atoms with Crippen LogP contribution in [-0.4, -0.2) is 256 Å². The summed E-state index contributed by atoms with van der Waals surface area (Å²) in [5, 5.41) is 3.18. The van der Waals surface area contributed by atoms with E-state index in [2.05, 4.69) is 5.32 Å². The molecule has 8 aromatic carbocycles. The lowest BCUT2D eigenvalue weighted by Crippen LogP contribution is -2.52. The van der Waals surface area contributed by atoms with Gasteiger partial charge in [-0.05, 0) is 136 Å². The second-order valence-electron chi connectivity index (χ2n) is 31.3. The summed E-state index contributed by atoms with van der Waals surface area (Å²) in [6.07, 6.45) is 3.98. The van der Waals surface area contributed by atoms with Gasteiger partial charge >= 0.3 is 0 Å². The van der Waals surface area contributed by atoms with Crippen LogP contribution in [0.4, 0.5) is 0 Å². The maximum absolute atomic E-state index is 15.6. The molecule has 0 aliphatic heterocycles. The van der Waals surface area contributed by atoms with Crippen LogP contribution in [0.15, 0.2) is 243 Å². The van der Waals surface area contributed by atoms with Gasteiger partial charge in [-0.25, -0.2) is 0 Å². The van der Waals surface area contributed by atoms with E-state index in [1.807, 2.05) is 91.0 Å². The zero-order valence-electron chi connectivity index (χ0n) is 72.6. The summed E-state index contributed by atoms with van der Waals surface area (Å²) < 4.78 is 0. The van der Waals surface area contributed by atoms with Crippen molar-refractivity contribution in [1.82, 2.24) is 59.2 Å². The molecular weight excluding hydrogens is 1600 g/mol. The van der Waals surface area contributed by atoms with Gasteiger partial charge in [0.1, 0.15) is 45.8 Å². The van der Waals surface area contributed by atoms with E-state index in [1.54, 1.807) is 159 Å². The number of hydrogen-bond donors (Lipinski definition) is 6. The van der Waals surface area contributed by atoms with Crippen molar-refractivity contribution in [2.24, 2.45) is 28.7 Å². The number of nitrogens with two attached hydrogens (primary N) is 5. The number of carbonyl (C=O) groups excluding carboxylic acids is 12. The molecule has 0 heterocycles. The minimum Gasteiger partial charge on any atom is -0.368 e. The van der Waals surface area contributed by atoms with Gasteiger partial charge in [-0.1, -0.05) is 243 Å². The Bertz CT molecular complexity index is 4670. The molecule has 0 radical (unpaired) electrons. The lowest BCUT2D eigenvalue weighted by atomic mass is 10.1. The average Bonchev–Trinajstić information content (AvgIpc) is 0.850. The third-order valence-electron chi connectivity index (χ3n) is 21.4. The van der Waals surface area contributed by atoms with E-state index in [9.17, 15) is 19.2 Å². The van der Waals surface area contributed by atoms with E-state index >= 15 is 38.4 Å². The van der Waals surface area contributed by atoms with Crippen LogP contribution in [0.3, 0.4) is 0 Å². The minimum absolute atomic E-state index is 0.0107. The fraction of sp³-hybridized carbons (Fsp3) is 0.381. The number of nitrogens with zero attached hydrogens (tertiary/aromatic N) is 11. The van der Waals surface area contributed by atoms with Gasteiger partial charge in [-0.3, -0.25) is 57.5 Å². The fourth-order valence-corrected chi connectivity index (χ4v) is 14.3. The number of hydrogen-bond acceptors (Lipinski definition) is 17. The summed E-state index contributed by atoms with van der Waals surface area (Å²) in [7, 11) is 0. The first-order chi connectivity index (χ1) is 61.1. The largest absolute Gasteiger partial charge is 0.368 e. The Kier molecular flexibility index (Phi) is 42.9. The first-order valence-electron chi connectivity index (χ1n) is 43.3. The highest BCUT2D eigenvalue weighted by atomic mass is 16.2. The zero-order valence-corrected chi connectivity index (χ0v) is 72.6. The Morgan fingerprint density at radius 3 is 0.706 bits per heavy atom. The molecule has 11 N–H and O–H groups in total. The Morgan fingerprint density at radius 1 is 0.246 bits per heavy atom. The van der Waals surface area contributed by atoms with Gasteiger partial charge in [-0.2, -0.15) is 0 Å². The Balaban J connectivity index is 1.06. The van der Waals surface area contributed by atoms with Crippen LogP contribution in [-0.2, 0) is 103 Å². The van der Waals surface area contributed by atoms with Crippen molar-refractivity contribution in [2.45, 2.75) is 110 Å². The Labute approximate surface area is 740 Å². The quantitative estimate of drug-likeness (QED) is 0.0228. The first-order valence-corrected chi connectivity index (χ1v) is 43.3. The van der Waals surface area contributed by atoms with Crippen molar-refractivity contribution >= 4 is 70.9 Å². The maximum atomic E-state index is 15.6. The number of unbranched alkanes of at least 4 members (excludes halogenated alkanes) is 4. The molecule has 670 valence electrons. The number of rotatable bonds is 56. The molecule has 126 heavy (non-hydrogen) atoms. The van der Waals surface area contributed by atoms with Gasteiger partial charge in [-0.15, -0.1) is 0 Å². The monoisotopic (exact) mass is 1720 g/mol. The maximum Gasteiger partial charge on any atom is 0.243 e. The summed E-state index contributed by atoms with van der Waals surface area (Å²) in [6, 6.07) is 71.5. The molecule has 8 aromatic rings. The molecular formula is C97H125N17O12. The van der Waals surface area contributed by atoms with Gasteiger partial charge in [0.2, 0.25) is 70.9 Å². The summed E-state index contributed by atoms with van der Waals surface area (Å²) >= 11 is 0. The third-order valence-corrected chi connectivity index (χ3v) is 21.4. The molecule has 0 unspecified atom stereocenters. The Hall–Kier alpha value is -12.8. The topological polar surface area (TPSA) is 383 Å².